The molecule has 0 bridgehead atoms. The highest BCUT2D eigenvalue weighted by molar-refractivity contribution is 7.45. The van der Waals surface area contributed by atoms with Gasteiger partial charge < -0.3 is 28.3 Å². The van der Waals surface area contributed by atoms with Crippen molar-refractivity contribution in [3.8, 4) is 0 Å². The summed E-state index contributed by atoms with van der Waals surface area (Å²) in [6, 6.07) is 0. The van der Waals surface area contributed by atoms with Crippen molar-refractivity contribution in [1.29, 1.82) is 0 Å². The zero-order chi connectivity index (χ0) is 25.9. The summed E-state index contributed by atoms with van der Waals surface area (Å²) in [6.07, 6.45) is 16.3. The van der Waals surface area contributed by atoms with E-state index in [9.17, 15) is 19.4 Å². The molecule has 0 amide bonds. The first-order valence-electron chi connectivity index (χ1n) is 13.2. The highest BCUT2D eigenvalue weighted by Crippen LogP contribution is 2.39. The van der Waals surface area contributed by atoms with Gasteiger partial charge in [0, 0.05) is 6.42 Å². The number of aliphatic hydroxyl groups is 1. The summed E-state index contributed by atoms with van der Waals surface area (Å²) in [5, 5.41) is 10.2. The van der Waals surface area contributed by atoms with E-state index in [0.717, 1.165) is 19.3 Å². The number of phosphoric ester groups is 1. The Morgan fingerprint density at radius 1 is 0.853 bits per heavy atom. The highest BCUT2D eigenvalue weighted by Gasteiger charge is 2.26. The molecule has 34 heavy (non-hydrogen) atoms. The number of hydrogen-bond donors (Lipinski definition) is 1. The van der Waals surface area contributed by atoms with E-state index in [2.05, 4.69) is 6.92 Å². The lowest BCUT2D eigenvalue weighted by Crippen LogP contribution is -2.39. The standard InChI is InChI=1S/C25H52NO7P/c1-6-7-8-9-10-11-12-13-14-15-16-17-18-19-24(27)31-22-25(2,28)23-33-34(29,30)32-21-20-26(3,4)5/h28H,6-23H2,1-5H3/t25-/m1/s1. The van der Waals surface area contributed by atoms with Gasteiger partial charge in [0.1, 0.15) is 25.4 Å². The zero-order valence-corrected chi connectivity index (χ0v) is 23.4. The van der Waals surface area contributed by atoms with Crippen molar-refractivity contribution in [2.45, 2.75) is 109 Å². The Hall–Kier alpha value is -0.500. The summed E-state index contributed by atoms with van der Waals surface area (Å²) in [4.78, 5) is 23.7. The summed E-state index contributed by atoms with van der Waals surface area (Å²) < 4.78 is 27.0. The summed E-state index contributed by atoms with van der Waals surface area (Å²) in [5.74, 6) is -0.396. The number of nitrogens with zero attached hydrogens (tertiary/aromatic N) is 1. The molecule has 0 aromatic rings. The molecule has 0 rings (SSSR count). The fourth-order valence-corrected chi connectivity index (χ4v) is 4.13. The van der Waals surface area contributed by atoms with Gasteiger partial charge in [-0.05, 0) is 13.3 Å². The van der Waals surface area contributed by atoms with Gasteiger partial charge in [0.15, 0.2) is 0 Å². The maximum Gasteiger partial charge on any atom is 0.305 e. The molecule has 9 heteroatoms. The van der Waals surface area contributed by atoms with Crippen LogP contribution in [-0.4, -0.2) is 68.7 Å². The van der Waals surface area contributed by atoms with Crippen molar-refractivity contribution in [3.63, 3.8) is 0 Å². The molecule has 0 heterocycles. The number of phosphoric acid groups is 1. The van der Waals surface area contributed by atoms with Crippen molar-refractivity contribution < 1.29 is 37.6 Å². The van der Waals surface area contributed by atoms with E-state index >= 15 is 0 Å². The lowest BCUT2D eigenvalue weighted by atomic mass is 10.0. The number of hydrogen-bond acceptors (Lipinski definition) is 7. The number of likely N-dealkylation sites (N-methyl/N-ethyl adjacent to an activating group) is 1. The van der Waals surface area contributed by atoms with E-state index in [1.807, 2.05) is 21.1 Å². The van der Waals surface area contributed by atoms with E-state index in [1.54, 1.807) is 0 Å². The molecule has 0 aromatic carbocycles. The highest BCUT2D eigenvalue weighted by atomic mass is 31.2. The molecule has 8 nitrogen and oxygen atoms in total. The summed E-state index contributed by atoms with van der Waals surface area (Å²) >= 11 is 0. The van der Waals surface area contributed by atoms with Crippen molar-refractivity contribution in [3.05, 3.63) is 0 Å². The second kappa shape index (κ2) is 18.7. The van der Waals surface area contributed by atoms with E-state index in [-0.39, 0.29) is 13.2 Å². The maximum absolute atomic E-state index is 11.9. The minimum atomic E-state index is -4.53. The van der Waals surface area contributed by atoms with Gasteiger partial charge in [0.25, 0.3) is 7.82 Å². The van der Waals surface area contributed by atoms with Crippen LogP contribution in [0.3, 0.4) is 0 Å². The Morgan fingerprint density at radius 3 is 1.79 bits per heavy atom. The van der Waals surface area contributed by atoms with E-state index < -0.39 is 26.0 Å². The summed E-state index contributed by atoms with van der Waals surface area (Å²) in [6.45, 7) is 3.21. The molecule has 0 saturated heterocycles. The van der Waals surface area contributed by atoms with Gasteiger partial charge in [0.05, 0.1) is 27.7 Å². The van der Waals surface area contributed by atoms with Crippen LogP contribution in [0, 0.1) is 0 Å². The molecule has 0 aliphatic heterocycles. The smallest absolute Gasteiger partial charge is 0.305 e. The zero-order valence-electron chi connectivity index (χ0n) is 22.5. The Balaban J connectivity index is 3.73. The van der Waals surface area contributed by atoms with Gasteiger partial charge in [-0.15, -0.1) is 0 Å². The second-order valence-corrected chi connectivity index (χ2v) is 12.1. The molecule has 1 unspecified atom stereocenters. The SMILES string of the molecule is CCCCCCCCCCCCCCCC(=O)OC[C@@](C)(O)COP(=O)([O-])OCC[N+](C)(C)C. The number of quaternary nitrogens is 1. The van der Waals surface area contributed by atoms with Gasteiger partial charge in [-0.3, -0.25) is 9.36 Å². The minimum Gasteiger partial charge on any atom is -0.756 e. The number of esters is 1. The van der Waals surface area contributed by atoms with E-state index in [4.69, 9.17) is 13.8 Å². The van der Waals surface area contributed by atoms with Crippen LogP contribution >= 0.6 is 7.82 Å². The third-order valence-corrected chi connectivity index (χ3v) is 6.52. The first-order valence-corrected chi connectivity index (χ1v) is 14.6. The number of rotatable bonds is 23. The molecule has 0 spiro atoms. The quantitative estimate of drug-likeness (QED) is 0.0897. The topological polar surface area (TPSA) is 105 Å². The Bertz CT molecular complexity index is 564. The lowest BCUT2D eigenvalue weighted by Gasteiger charge is -2.30. The molecule has 0 aromatic heterocycles. The molecule has 0 aliphatic rings. The van der Waals surface area contributed by atoms with Gasteiger partial charge in [-0.1, -0.05) is 84.0 Å². The van der Waals surface area contributed by atoms with Crippen LogP contribution in [-0.2, 0) is 23.1 Å². The van der Waals surface area contributed by atoms with Crippen molar-refractivity contribution in [1.82, 2.24) is 0 Å². The van der Waals surface area contributed by atoms with Gasteiger partial charge in [0.2, 0.25) is 0 Å². The van der Waals surface area contributed by atoms with E-state index in [1.165, 1.54) is 71.1 Å². The third-order valence-electron chi connectivity index (χ3n) is 5.57. The average Bonchev–Trinajstić information content (AvgIpc) is 2.73. The number of carbonyl (C=O) groups is 1. The third kappa shape index (κ3) is 23.3. The van der Waals surface area contributed by atoms with Crippen LogP contribution < -0.4 is 4.89 Å². The molecule has 2 atom stereocenters. The van der Waals surface area contributed by atoms with Crippen LogP contribution in [0.2, 0.25) is 0 Å². The molecule has 0 saturated carbocycles. The number of ether oxygens (including phenoxy) is 1. The molecular weight excluding hydrogens is 457 g/mol. The first kappa shape index (κ1) is 33.5. The van der Waals surface area contributed by atoms with E-state index in [0.29, 0.717) is 17.4 Å². The number of carbonyl (C=O) groups excluding carboxylic acids is 1. The lowest BCUT2D eigenvalue weighted by molar-refractivity contribution is -0.870. The van der Waals surface area contributed by atoms with Crippen molar-refractivity contribution in [2.75, 3.05) is 47.5 Å². The fraction of sp³-hybridized carbons (Fsp3) is 0.960. The molecular formula is C25H52NO7P. The fourth-order valence-electron chi connectivity index (χ4n) is 3.32. The molecule has 204 valence electrons. The van der Waals surface area contributed by atoms with Crippen LogP contribution in [0.25, 0.3) is 0 Å². The van der Waals surface area contributed by atoms with Crippen LogP contribution in [0.5, 0.6) is 0 Å². The Kier molecular flexibility index (Phi) is 18.4. The van der Waals surface area contributed by atoms with Gasteiger partial charge in [-0.25, -0.2) is 0 Å². The predicted molar refractivity (Wildman–Crippen MR) is 134 cm³/mol. The normalized spacial score (nSPS) is 15.6. The summed E-state index contributed by atoms with van der Waals surface area (Å²) in [5.41, 5.74) is -1.62. The van der Waals surface area contributed by atoms with Gasteiger partial charge in [-0.2, -0.15) is 0 Å². The van der Waals surface area contributed by atoms with Crippen molar-refractivity contribution in [2.24, 2.45) is 0 Å². The molecule has 0 aliphatic carbocycles. The largest absolute Gasteiger partial charge is 0.756 e. The Morgan fingerprint density at radius 2 is 1.32 bits per heavy atom. The second-order valence-electron chi connectivity index (χ2n) is 10.7. The van der Waals surface area contributed by atoms with Gasteiger partial charge >= 0.3 is 5.97 Å². The predicted octanol–water partition coefficient (Wildman–Crippen LogP) is 4.97. The monoisotopic (exact) mass is 509 g/mol. The minimum absolute atomic E-state index is 0.0134. The molecule has 1 N–H and O–H groups in total. The van der Waals surface area contributed by atoms with Crippen LogP contribution in [0.1, 0.15) is 104 Å². The molecule has 0 radical (unpaired) electrons. The Labute approximate surface area is 208 Å². The van der Waals surface area contributed by atoms with Crippen LogP contribution in [0.15, 0.2) is 0 Å². The maximum atomic E-state index is 11.9. The van der Waals surface area contributed by atoms with Crippen LogP contribution in [0.4, 0.5) is 0 Å². The van der Waals surface area contributed by atoms with Crippen molar-refractivity contribution >= 4 is 13.8 Å². The average molecular weight is 510 g/mol. The molecule has 0 fully saturated rings. The summed E-state index contributed by atoms with van der Waals surface area (Å²) in [7, 11) is 1.21. The first-order chi connectivity index (χ1) is 15.9. The number of unbranched alkanes of at least 4 members (excludes halogenated alkanes) is 12.